The molecule has 1 atom stereocenters. The summed E-state index contributed by atoms with van der Waals surface area (Å²) in [6.07, 6.45) is 2.25. The van der Waals surface area contributed by atoms with E-state index in [1.165, 1.54) is 0 Å². The van der Waals surface area contributed by atoms with Crippen molar-refractivity contribution in [3.8, 4) is 0 Å². The summed E-state index contributed by atoms with van der Waals surface area (Å²) >= 11 is 0. The summed E-state index contributed by atoms with van der Waals surface area (Å²) < 4.78 is 0. The number of carbonyl (C=O) groups is 3. The smallest absolute Gasteiger partial charge is 0.251 e. The number of carbonyl (C=O) groups excluding carboxylic acids is 3. The number of nitrogens with zero attached hydrogens (tertiary/aromatic N) is 1. The van der Waals surface area contributed by atoms with Gasteiger partial charge in [-0.25, -0.2) is 0 Å². The first-order valence-electron chi connectivity index (χ1n) is 10.3. The van der Waals surface area contributed by atoms with E-state index in [9.17, 15) is 14.4 Å². The zero-order valence-corrected chi connectivity index (χ0v) is 17.5. The molecule has 1 aliphatic heterocycles. The Labute approximate surface area is 168 Å². The average Bonchev–Trinajstić information content (AvgIpc) is 2.70. The third-order valence-corrected chi connectivity index (χ3v) is 5.26. The average molecular weight is 388 g/mol. The van der Waals surface area contributed by atoms with Crippen LogP contribution in [-0.4, -0.2) is 48.3 Å². The van der Waals surface area contributed by atoms with Crippen LogP contribution in [0.5, 0.6) is 0 Å². The zero-order chi connectivity index (χ0) is 20.7. The Kier molecular flexibility index (Phi) is 8.03. The number of amides is 3. The summed E-state index contributed by atoms with van der Waals surface area (Å²) in [6, 6.07) is 6.74. The Bertz CT molecular complexity index is 677. The molecule has 0 spiro atoms. The fourth-order valence-electron chi connectivity index (χ4n) is 3.39. The largest absolute Gasteiger partial charge is 0.356 e. The maximum Gasteiger partial charge on any atom is 0.251 e. The summed E-state index contributed by atoms with van der Waals surface area (Å²) in [4.78, 5) is 39.5. The number of nitrogens with one attached hydrogen (secondary N) is 2. The Morgan fingerprint density at radius 1 is 1.11 bits per heavy atom. The van der Waals surface area contributed by atoms with Gasteiger partial charge in [-0.1, -0.05) is 38.5 Å². The van der Waals surface area contributed by atoms with E-state index in [0.29, 0.717) is 38.0 Å². The van der Waals surface area contributed by atoms with Crippen LogP contribution in [0.15, 0.2) is 24.3 Å². The highest BCUT2D eigenvalue weighted by Gasteiger charge is 2.33. The van der Waals surface area contributed by atoms with Crippen molar-refractivity contribution in [2.75, 3.05) is 19.6 Å². The number of piperidine rings is 1. The number of likely N-dealkylation sites (tertiary alicyclic amines) is 1. The molecule has 0 aliphatic carbocycles. The molecule has 1 aromatic rings. The van der Waals surface area contributed by atoms with Gasteiger partial charge >= 0.3 is 0 Å². The van der Waals surface area contributed by atoms with Crippen molar-refractivity contribution in [2.45, 2.75) is 53.0 Å². The van der Waals surface area contributed by atoms with Gasteiger partial charge in [0.1, 0.15) is 6.04 Å². The standard InChI is InChI=1S/C22H33N3O3/c1-5-12-23-20(26)18-10-13-25(14-11-18)22(28)19(15(2)3)24-21(27)17-8-6-16(4)7-9-17/h6-9,15,18-19H,5,10-14H2,1-4H3,(H,23,26)(H,24,27). The molecular formula is C22H33N3O3. The second kappa shape index (κ2) is 10.2. The first-order chi connectivity index (χ1) is 13.3. The second-order valence-corrected chi connectivity index (χ2v) is 7.95. The van der Waals surface area contributed by atoms with Crippen LogP contribution in [0.3, 0.4) is 0 Å². The van der Waals surface area contributed by atoms with Gasteiger partial charge in [0, 0.05) is 31.1 Å². The van der Waals surface area contributed by atoms with Gasteiger partial charge in [0.05, 0.1) is 0 Å². The third-order valence-electron chi connectivity index (χ3n) is 5.26. The van der Waals surface area contributed by atoms with Crippen molar-refractivity contribution in [2.24, 2.45) is 11.8 Å². The molecule has 1 fully saturated rings. The Morgan fingerprint density at radius 2 is 1.71 bits per heavy atom. The summed E-state index contributed by atoms with van der Waals surface area (Å²) in [7, 11) is 0. The van der Waals surface area contributed by atoms with Crippen LogP contribution in [0.2, 0.25) is 0 Å². The van der Waals surface area contributed by atoms with E-state index in [1.54, 1.807) is 17.0 Å². The summed E-state index contributed by atoms with van der Waals surface area (Å²) in [5.41, 5.74) is 1.63. The number of hydrogen-bond donors (Lipinski definition) is 2. The van der Waals surface area contributed by atoms with Gasteiger partial charge in [-0.3, -0.25) is 14.4 Å². The predicted octanol–water partition coefficient (Wildman–Crippen LogP) is 2.51. The molecule has 1 saturated heterocycles. The molecule has 28 heavy (non-hydrogen) atoms. The van der Waals surface area contributed by atoms with Gasteiger partial charge in [-0.2, -0.15) is 0 Å². The van der Waals surface area contributed by atoms with E-state index >= 15 is 0 Å². The van der Waals surface area contributed by atoms with Crippen LogP contribution in [0.4, 0.5) is 0 Å². The topological polar surface area (TPSA) is 78.5 Å². The van der Waals surface area contributed by atoms with E-state index in [1.807, 2.05) is 39.8 Å². The minimum Gasteiger partial charge on any atom is -0.356 e. The second-order valence-electron chi connectivity index (χ2n) is 7.95. The summed E-state index contributed by atoms with van der Waals surface area (Å²) in [5, 5.41) is 5.84. The van der Waals surface area contributed by atoms with Crippen LogP contribution < -0.4 is 10.6 Å². The van der Waals surface area contributed by atoms with Gasteiger partial charge in [-0.15, -0.1) is 0 Å². The molecule has 1 heterocycles. The minimum atomic E-state index is -0.570. The van der Waals surface area contributed by atoms with Crippen LogP contribution in [-0.2, 0) is 9.59 Å². The maximum atomic E-state index is 13.0. The maximum absolute atomic E-state index is 13.0. The van der Waals surface area contributed by atoms with E-state index in [2.05, 4.69) is 10.6 Å². The Balaban J connectivity index is 1.95. The lowest BCUT2D eigenvalue weighted by atomic mass is 9.94. The fourth-order valence-corrected chi connectivity index (χ4v) is 3.39. The third kappa shape index (κ3) is 5.81. The van der Waals surface area contributed by atoms with Gasteiger partial charge in [0.2, 0.25) is 11.8 Å². The van der Waals surface area contributed by atoms with E-state index in [-0.39, 0.29) is 29.6 Å². The van der Waals surface area contributed by atoms with Crippen molar-refractivity contribution < 1.29 is 14.4 Å². The highest BCUT2D eigenvalue weighted by molar-refractivity contribution is 5.97. The van der Waals surface area contributed by atoms with E-state index < -0.39 is 6.04 Å². The Hall–Kier alpha value is -2.37. The quantitative estimate of drug-likeness (QED) is 0.755. The number of aryl methyl sites for hydroxylation is 1. The zero-order valence-electron chi connectivity index (χ0n) is 17.5. The van der Waals surface area contributed by atoms with Crippen LogP contribution in [0.1, 0.15) is 56.0 Å². The lowest BCUT2D eigenvalue weighted by Gasteiger charge is -2.35. The van der Waals surface area contributed by atoms with Crippen molar-refractivity contribution in [3.05, 3.63) is 35.4 Å². The van der Waals surface area contributed by atoms with E-state index in [0.717, 1.165) is 12.0 Å². The first-order valence-corrected chi connectivity index (χ1v) is 10.3. The summed E-state index contributed by atoms with van der Waals surface area (Å²) in [5.74, 6) is -0.270. The molecule has 6 heteroatoms. The van der Waals surface area contributed by atoms with Crippen LogP contribution >= 0.6 is 0 Å². The molecule has 2 N–H and O–H groups in total. The number of hydrogen-bond acceptors (Lipinski definition) is 3. The molecule has 1 aliphatic rings. The molecule has 1 unspecified atom stereocenters. The van der Waals surface area contributed by atoms with Crippen molar-refractivity contribution in [1.29, 1.82) is 0 Å². The SMILES string of the molecule is CCCNC(=O)C1CCN(C(=O)C(NC(=O)c2ccc(C)cc2)C(C)C)CC1. The molecule has 0 aromatic heterocycles. The predicted molar refractivity (Wildman–Crippen MR) is 110 cm³/mol. The van der Waals surface area contributed by atoms with Gasteiger partial charge < -0.3 is 15.5 Å². The highest BCUT2D eigenvalue weighted by atomic mass is 16.2. The molecule has 0 radical (unpaired) electrons. The molecule has 1 aromatic carbocycles. The minimum absolute atomic E-state index is 0.0209. The molecule has 154 valence electrons. The van der Waals surface area contributed by atoms with Gasteiger partial charge in [-0.05, 0) is 44.2 Å². The van der Waals surface area contributed by atoms with Gasteiger partial charge in [0.25, 0.3) is 5.91 Å². The first kappa shape index (κ1) is 21.9. The van der Waals surface area contributed by atoms with Crippen LogP contribution in [0, 0.1) is 18.8 Å². The lowest BCUT2D eigenvalue weighted by molar-refractivity contribution is -0.138. The summed E-state index contributed by atoms with van der Waals surface area (Å²) in [6.45, 7) is 9.65. The lowest BCUT2D eigenvalue weighted by Crippen LogP contribution is -2.53. The molecule has 2 rings (SSSR count). The van der Waals surface area contributed by atoms with Crippen molar-refractivity contribution in [3.63, 3.8) is 0 Å². The van der Waals surface area contributed by atoms with E-state index in [4.69, 9.17) is 0 Å². The normalized spacial score (nSPS) is 16.0. The monoisotopic (exact) mass is 387 g/mol. The fraction of sp³-hybridized carbons (Fsp3) is 0.591. The number of benzene rings is 1. The molecule has 0 saturated carbocycles. The molecular weight excluding hydrogens is 354 g/mol. The molecule has 3 amide bonds. The molecule has 6 nitrogen and oxygen atoms in total. The highest BCUT2D eigenvalue weighted by Crippen LogP contribution is 2.19. The Morgan fingerprint density at radius 3 is 2.25 bits per heavy atom. The number of rotatable bonds is 7. The van der Waals surface area contributed by atoms with Crippen LogP contribution in [0.25, 0.3) is 0 Å². The van der Waals surface area contributed by atoms with Gasteiger partial charge in [0.15, 0.2) is 0 Å². The molecule has 0 bridgehead atoms. The van der Waals surface area contributed by atoms with Crippen molar-refractivity contribution in [1.82, 2.24) is 15.5 Å². The van der Waals surface area contributed by atoms with Crippen molar-refractivity contribution >= 4 is 17.7 Å².